The highest BCUT2D eigenvalue weighted by molar-refractivity contribution is 6.17. The zero-order valence-corrected chi connectivity index (χ0v) is 41.1. The molecule has 0 spiro atoms. The van der Waals surface area contributed by atoms with Crippen molar-refractivity contribution in [2.75, 3.05) is 10.6 Å². The van der Waals surface area contributed by atoms with Gasteiger partial charge in [0.1, 0.15) is 0 Å². The van der Waals surface area contributed by atoms with Crippen LogP contribution in [-0.4, -0.2) is 23.6 Å². The highest BCUT2D eigenvalue weighted by atomic mass is 16.2. The van der Waals surface area contributed by atoms with E-state index < -0.39 is 0 Å². The lowest BCUT2D eigenvalue weighted by Gasteiger charge is -2.23. The highest BCUT2D eigenvalue weighted by Gasteiger charge is 2.24. The van der Waals surface area contributed by atoms with Gasteiger partial charge in [0.25, 0.3) is 11.8 Å². The number of nitrogens with one attached hydrogen (secondary N) is 4. The number of hydrogen-bond donors (Lipinski definition) is 4. The predicted octanol–water partition coefficient (Wildman–Crippen LogP) is 15.8. The van der Waals surface area contributed by atoms with E-state index in [2.05, 4.69) is 69.8 Å². The summed E-state index contributed by atoms with van der Waals surface area (Å²) in [6.45, 7) is 7.89. The number of carbonyl (C=O) groups excluding carboxylic acids is 4. The molecule has 0 bridgehead atoms. The van der Waals surface area contributed by atoms with Gasteiger partial charge in [-0.1, -0.05) is 191 Å². The molecule has 0 aliphatic carbocycles. The van der Waals surface area contributed by atoms with E-state index in [1.54, 1.807) is 0 Å². The second kappa shape index (κ2) is 23.1. The number of amides is 4. The molecule has 1 unspecified atom stereocenters. The van der Waals surface area contributed by atoms with Crippen LogP contribution in [0.5, 0.6) is 0 Å². The molecule has 0 radical (unpaired) electrons. The lowest BCUT2D eigenvalue weighted by Crippen LogP contribution is -2.26. The van der Waals surface area contributed by atoms with E-state index in [0.717, 1.165) is 77.2 Å². The minimum Gasteiger partial charge on any atom is -0.346 e. The van der Waals surface area contributed by atoms with Crippen molar-refractivity contribution in [3.63, 3.8) is 0 Å². The molecular formula is C65H62N4O4. The Morgan fingerprint density at radius 3 is 1.07 bits per heavy atom. The van der Waals surface area contributed by atoms with E-state index in [0.29, 0.717) is 35.3 Å². The van der Waals surface area contributed by atoms with E-state index in [1.807, 2.05) is 173 Å². The van der Waals surface area contributed by atoms with Gasteiger partial charge in [0.05, 0.1) is 23.5 Å². The van der Waals surface area contributed by atoms with Crippen molar-refractivity contribution < 1.29 is 19.2 Å². The summed E-state index contributed by atoms with van der Waals surface area (Å²) in [6.07, 6.45) is 1.84. The van der Waals surface area contributed by atoms with Crippen LogP contribution in [0, 0.1) is 0 Å². The Morgan fingerprint density at radius 1 is 0.384 bits per heavy atom. The molecular weight excluding hydrogens is 901 g/mol. The molecule has 9 aromatic carbocycles. The normalized spacial score (nSPS) is 11.8. The molecule has 0 heterocycles. The number of anilines is 2. The quantitative estimate of drug-likeness (QED) is 0.0772. The Hall–Kier alpha value is -8.62. The molecule has 0 aliphatic heterocycles. The number of benzene rings is 9. The summed E-state index contributed by atoms with van der Waals surface area (Å²) in [5.74, 6) is -0.656. The first-order chi connectivity index (χ1) is 35.1. The van der Waals surface area contributed by atoms with E-state index >= 15 is 0 Å². The first-order valence-corrected chi connectivity index (χ1v) is 24.8. The van der Waals surface area contributed by atoms with Crippen molar-refractivity contribution in [1.29, 1.82) is 0 Å². The van der Waals surface area contributed by atoms with Gasteiger partial charge in [-0.15, -0.1) is 0 Å². The molecule has 366 valence electrons. The second-order valence-electron chi connectivity index (χ2n) is 18.3. The minimum absolute atomic E-state index is 0. The molecule has 4 amide bonds. The van der Waals surface area contributed by atoms with Gasteiger partial charge in [0, 0.05) is 35.1 Å². The van der Waals surface area contributed by atoms with Crippen LogP contribution in [0.25, 0.3) is 66.1 Å². The lowest BCUT2D eigenvalue weighted by molar-refractivity contribution is -0.117. The van der Waals surface area contributed by atoms with Gasteiger partial charge >= 0.3 is 0 Å². The van der Waals surface area contributed by atoms with Crippen LogP contribution in [0.2, 0.25) is 0 Å². The standard InChI is InChI=1S/C64H58N4O4.CH4/c1-5-17-57(69)67-61-55(53-29-15-25-47-23-13-27-51(59(47)53)45-31-35-49(36-32-45)63(71)65-41(3)43-19-9-7-10-20-43)39-40-56(62(61)68-58(70)18-6-2)54-30-16-26-48-24-14-28-52(60(48)54)46-33-37-50(38-34-46)64(72)66-42(4)44-21-11-8-12-22-44;/h7-16,19-42H,5-6,17-18H2,1-4H3,(H,65,71)(H,66,72)(H,67,69)(H,68,70);1H4/t41-,42?;/m1./s1. The summed E-state index contributed by atoms with van der Waals surface area (Å²) < 4.78 is 0. The smallest absolute Gasteiger partial charge is 0.251 e. The molecule has 0 saturated carbocycles. The zero-order chi connectivity index (χ0) is 50.1. The molecule has 0 aliphatic rings. The molecule has 4 N–H and O–H groups in total. The van der Waals surface area contributed by atoms with E-state index in [-0.39, 0.29) is 56.0 Å². The maximum atomic E-state index is 14.0. The van der Waals surface area contributed by atoms with Crippen LogP contribution in [0.1, 0.15) is 105 Å². The Labute approximate surface area is 428 Å². The summed E-state index contributed by atoms with van der Waals surface area (Å²) in [6, 6.07) is 63.5. The Kier molecular flexibility index (Phi) is 16.0. The van der Waals surface area contributed by atoms with E-state index in [1.165, 1.54) is 0 Å². The van der Waals surface area contributed by atoms with Gasteiger partial charge in [0.15, 0.2) is 0 Å². The van der Waals surface area contributed by atoms with Crippen molar-refractivity contribution in [3.05, 3.63) is 216 Å². The van der Waals surface area contributed by atoms with Gasteiger partial charge in [-0.05, 0) is 117 Å². The van der Waals surface area contributed by atoms with Crippen molar-refractivity contribution >= 4 is 56.5 Å². The lowest BCUT2D eigenvalue weighted by atomic mass is 9.87. The topological polar surface area (TPSA) is 116 Å². The number of hydrogen-bond acceptors (Lipinski definition) is 4. The van der Waals surface area contributed by atoms with Crippen LogP contribution in [0.4, 0.5) is 11.4 Å². The third-order valence-electron chi connectivity index (χ3n) is 13.3. The fourth-order valence-corrected chi connectivity index (χ4v) is 9.59. The van der Waals surface area contributed by atoms with Gasteiger partial charge < -0.3 is 21.3 Å². The van der Waals surface area contributed by atoms with Gasteiger partial charge in [-0.3, -0.25) is 19.2 Å². The second-order valence-corrected chi connectivity index (χ2v) is 18.3. The summed E-state index contributed by atoms with van der Waals surface area (Å²) in [5.41, 5.74) is 11.1. The highest BCUT2D eigenvalue weighted by Crippen LogP contribution is 2.48. The predicted molar refractivity (Wildman–Crippen MR) is 302 cm³/mol. The Bertz CT molecular complexity index is 3180. The molecule has 73 heavy (non-hydrogen) atoms. The summed E-state index contributed by atoms with van der Waals surface area (Å²) in [7, 11) is 0. The van der Waals surface area contributed by atoms with Gasteiger partial charge in [-0.2, -0.15) is 0 Å². The van der Waals surface area contributed by atoms with Crippen molar-refractivity contribution in [1.82, 2.24) is 10.6 Å². The van der Waals surface area contributed by atoms with E-state index in [4.69, 9.17) is 0 Å². The fourth-order valence-electron chi connectivity index (χ4n) is 9.59. The Morgan fingerprint density at radius 2 is 0.726 bits per heavy atom. The summed E-state index contributed by atoms with van der Waals surface area (Å²) in [4.78, 5) is 54.8. The van der Waals surface area contributed by atoms with Crippen molar-refractivity contribution in [2.24, 2.45) is 0 Å². The van der Waals surface area contributed by atoms with Crippen LogP contribution in [-0.2, 0) is 9.59 Å². The molecule has 0 fully saturated rings. The first kappa shape index (κ1) is 50.8. The Balaban J connectivity index is 0.00000711. The number of rotatable bonds is 16. The number of fused-ring (bicyclic) bond motifs is 2. The monoisotopic (exact) mass is 962 g/mol. The minimum atomic E-state index is -0.168. The van der Waals surface area contributed by atoms with Crippen LogP contribution in [0.15, 0.2) is 194 Å². The third-order valence-corrected chi connectivity index (χ3v) is 13.3. The van der Waals surface area contributed by atoms with Gasteiger partial charge in [0.2, 0.25) is 11.8 Å². The number of carbonyl (C=O) groups is 4. The SMILES string of the molecule is C.CCCC(=O)Nc1c(-c2cccc3cccc(-c4ccc(C(=O)NC(C)c5ccccc5)cc4)c23)ccc(-c2cccc3cccc(-c4ccc(C(=O)N[C@H](C)c5ccccc5)cc4)c23)c1NC(=O)CCC. The van der Waals surface area contributed by atoms with Crippen molar-refractivity contribution in [2.45, 2.75) is 72.9 Å². The van der Waals surface area contributed by atoms with Crippen LogP contribution in [0.3, 0.4) is 0 Å². The molecule has 9 aromatic rings. The first-order valence-electron chi connectivity index (χ1n) is 24.8. The molecule has 2 atom stereocenters. The molecule has 0 aromatic heterocycles. The average molecular weight is 963 g/mol. The summed E-state index contributed by atoms with van der Waals surface area (Å²) in [5, 5.41) is 16.8. The third kappa shape index (κ3) is 11.1. The summed E-state index contributed by atoms with van der Waals surface area (Å²) >= 11 is 0. The van der Waals surface area contributed by atoms with Crippen molar-refractivity contribution in [3.8, 4) is 44.5 Å². The van der Waals surface area contributed by atoms with Crippen LogP contribution >= 0.6 is 0 Å². The molecule has 0 saturated heterocycles. The molecule has 8 heteroatoms. The average Bonchev–Trinajstić information content (AvgIpc) is 3.41. The largest absolute Gasteiger partial charge is 0.346 e. The van der Waals surface area contributed by atoms with Gasteiger partial charge in [-0.25, -0.2) is 0 Å². The maximum Gasteiger partial charge on any atom is 0.251 e. The molecule has 8 nitrogen and oxygen atoms in total. The zero-order valence-electron chi connectivity index (χ0n) is 41.1. The fraction of sp³-hybridized carbons (Fsp3) is 0.169. The van der Waals surface area contributed by atoms with E-state index in [9.17, 15) is 19.2 Å². The van der Waals surface area contributed by atoms with Crippen LogP contribution < -0.4 is 21.3 Å². The maximum absolute atomic E-state index is 14.0. The molecule has 9 rings (SSSR count).